The Hall–Kier alpha value is -1.78. The summed E-state index contributed by atoms with van der Waals surface area (Å²) in [7, 11) is 0. The van der Waals surface area contributed by atoms with Gasteiger partial charge in [0.1, 0.15) is 0 Å². The Bertz CT molecular complexity index is 617. The van der Waals surface area contributed by atoms with E-state index in [0.717, 1.165) is 10.8 Å². The van der Waals surface area contributed by atoms with Crippen molar-refractivity contribution in [2.24, 2.45) is 0 Å². The Labute approximate surface area is 118 Å². The lowest BCUT2D eigenvalue weighted by atomic mass is 9.93. The van der Waals surface area contributed by atoms with Gasteiger partial charge in [0.15, 0.2) is 11.5 Å². The van der Waals surface area contributed by atoms with Gasteiger partial charge < -0.3 is 9.78 Å². The highest BCUT2D eigenvalue weighted by atomic mass is 17.1. The van der Waals surface area contributed by atoms with Crippen molar-refractivity contribution >= 4 is 10.8 Å². The molecule has 0 aliphatic carbocycles. The highest BCUT2D eigenvalue weighted by Crippen LogP contribution is 2.41. The van der Waals surface area contributed by atoms with E-state index in [1.165, 1.54) is 5.56 Å². The summed E-state index contributed by atoms with van der Waals surface area (Å²) in [6.45, 7) is 8.09. The summed E-state index contributed by atoms with van der Waals surface area (Å²) < 4.78 is 0. The third-order valence-electron chi connectivity index (χ3n) is 3.55. The first-order chi connectivity index (χ1) is 9.49. The normalized spacial score (nSPS) is 11.4. The maximum Gasteiger partial charge on any atom is 0.180 e. The molecule has 0 aromatic heterocycles. The van der Waals surface area contributed by atoms with Gasteiger partial charge in [0, 0.05) is 10.9 Å². The van der Waals surface area contributed by atoms with E-state index in [0.29, 0.717) is 23.0 Å². The molecule has 0 fully saturated rings. The molecule has 0 saturated heterocycles. The topological polar surface area (TPSA) is 58.9 Å². The molecule has 20 heavy (non-hydrogen) atoms. The van der Waals surface area contributed by atoms with Gasteiger partial charge in [0.05, 0.1) is 0 Å². The van der Waals surface area contributed by atoms with Gasteiger partial charge in [-0.3, -0.25) is 0 Å². The Morgan fingerprint density at radius 1 is 0.900 bits per heavy atom. The minimum absolute atomic E-state index is 0.0356. The molecule has 0 radical (unpaired) electrons. The van der Waals surface area contributed by atoms with Gasteiger partial charge in [0.2, 0.25) is 0 Å². The van der Waals surface area contributed by atoms with Crippen LogP contribution in [0.2, 0.25) is 0 Å². The maximum absolute atomic E-state index is 9.23. The minimum Gasteiger partial charge on any atom is -0.340 e. The molecule has 0 aliphatic heterocycles. The second-order valence-corrected chi connectivity index (χ2v) is 5.59. The van der Waals surface area contributed by atoms with Crippen LogP contribution in [-0.2, 0) is 0 Å². The summed E-state index contributed by atoms with van der Waals surface area (Å²) in [6, 6.07) is 7.70. The van der Waals surface area contributed by atoms with Crippen molar-refractivity contribution in [3.05, 3.63) is 35.4 Å². The third-order valence-corrected chi connectivity index (χ3v) is 3.55. The standard InChI is InChI=1S/C16H20O4/c1-9(2)11-5-6-13-12(7-11)8-14(19-17)15(10(3)4)16(13)20-18/h5-10,17-18H,1-4H3. The molecule has 2 aromatic carbocycles. The Morgan fingerprint density at radius 3 is 2.10 bits per heavy atom. The van der Waals surface area contributed by atoms with E-state index in [-0.39, 0.29) is 5.92 Å². The predicted octanol–water partition coefficient (Wildman–Crippen LogP) is 4.79. The van der Waals surface area contributed by atoms with Crippen molar-refractivity contribution in [3.63, 3.8) is 0 Å². The van der Waals surface area contributed by atoms with Crippen molar-refractivity contribution in [1.29, 1.82) is 0 Å². The zero-order valence-electron chi connectivity index (χ0n) is 12.2. The molecule has 0 saturated carbocycles. The molecule has 0 bridgehead atoms. The molecule has 4 nitrogen and oxygen atoms in total. The largest absolute Gasteiger partial charge is 0.340 e. The maximum atomic E-state index is 9.23. The smallest absolute Gasteiger partial charge is 0.180 e. The molecular weight excluding hydrogens is 256 g/mol. The molecule has 108 valence electrons. The number of fused-ring (bicyclic) bond motifs is 1. The van der Waals surface area contributed by atoms with Crippen LogP contribution in [0.3, 0.4) is 0 Å². The van der Waals surface area contributed by atoms with Crippen LogP contribution >= 0.6 is 0 Å². The highest BCUT2D eigenvalue weighted by Gasteiger charge is 2.20. The summed E-state index contributed by atoms with van der Waals surface area (Å²) in [5.74, 6) is 1.06. The van der Waals surface area contributed by atoms with Gasteiger partial charge in [-0.15, -0.1) is 0 Å². The number of hydrogen-bond acceptors (Lipinski definition) is 4. The van der Waals surface area contributed by atoms with E-state index in [4.69, 9.17) is 5.26 Å². The lowest BCUT2D eigenvalue weighted by Gasteiger charge is -2.17. The first-order valence-electron chi connectivity index (χ1n) is 6.73. The van der Waals surface area contributed by atoms with E-state index in [1.54, 1.807) is 6.07 Å². The Kier molecular flexibility index (Phi) is 4.16. The van der Waals surface area contributed by atoms with Crippen LogP contribution in [0.4, 0.5) is 0 Å². The van der Waals surface area contributed by atoms with Crippen LogP contribution in [0.15, 0.2) is 24.3 Å². The van der Waals surface area contributed by atoms with Crippen molar-refractivity contribution in [3.8, 4) is 11.5 Å². The van der Waals surface area contributed by atoms with Crippen LogP contribution in [0.5, 0.6) is 11.5 Å². The molecule has 0 spiro atoms. The molecular formula is C16H20O4. The number of benzene rings is 2. The third kappa shape index (κ3) is 2.44. The van der Waals surface area contributed by atoms with Crippen LogP contribution in [0, 0.1) is 0 Å². The second kappa shape index (κ2) is 5.69. The Morgan fingerprint density at radius 2 is 1.60 bits per heavy atom. The zero-order valence-corrected chi connectivity index (χ0v) is 12.2. The fourth-order valence-corrected chi connectivity index (χ4v) is 2.46. The van der Waals surface area contributed by atoms with Crippen LogP contribution < -0.4 is 9.78 Å². The van der Waals surface area contributed by atoms with Crippen LogP contribution in [0.1, 0.15) is 50.7 Å². The van der Waals surface area contributed by atoms with Crippen LogP contribution in [-0.4, -0.2) is 10.5 Å². The lowest BCUT2D eigenvalue weighted by Crippen LogP contribution is -2.01. The quantitative estimate of drug-likeness (QED) is 0.622. The number of hydrogen-bond donors (Lipinski definition) is 2. The first kappa shape index (κ1) is 14.6. The zero-order chi connectivity index (χ0) is 14.9. The molecule has 2 aromatic rings. The van der Waals surface area contributed by atoms with Crippen molar-refractivity contribution < 1.29 is 20.3 Å². The SMILES string of the molecule is CC(C)c1ccc2c(OO)c(C(C)C)c(OO)cc2c1. The summed E-state index contributed by atoms with van der Waals surface area (Å²) in [5.41, 5.74) is 1.81. The summed E-state index contributed by atoms with van der Waals surface area (Å²) >= 11 is 0. The molecule has 0 amide bonds. The minimum atomic E-state index is 0.0356. The van der Waals surface area contributed by atoms with Crippen molar-refractivity contribution in [2.45, 2.75) is 39.5 Å². The molecule has 0 unspecified atom stereocenters. The molecule has 2 N–H and O–H groups in total. The molecule has 2 rings (SSSR count). The van der Waals surface area contributed by atoms with Gasteiger partial charge in [-0.25, -0.2) is 10.5 Å². The first-order valence-corrected chi connectivity index (χ1v) is 6.73. The second-order valence-electron chi connectivity index (χ2n) is 5.59. The lowest BCUT2D eigenvalue weighted by molar-refractivity contribution is -0.145. The van der Waals surface area contributed by atoms with Gasteiger partial charge in [0.25, 0.3) is 0 Å². The molecule has 4 heteroatoms. The Balaban J connectivity index is 2.79. The van der Waals surface area contributed by atoms with Gasteiger partial charge in [-0.05, 0) is 28.9 Å². The van der Waals surface area contributed by atoms with Gasteiger partial charge in [-0.1, -0.05) is 45.9 Å². The molecule has 0 heterocycles. The van der Waals surface area contributed by atoms with Crippen molar-refractivity contribution in [1.82, 2.24) is 0 Å². The van der Waals surface area contributed by atoms with Gasteiger partial charge >= 0.3 is 0 Å². The van der Waals surface area contributed by atoms with E-state index in [1.807, 2.05) is 32.0 Å². The van der Waals surface area contributed by atoms with E-state index >= 15 is 0 Å². The fourth-order valence-electron chi connectivity index (χ4n) is 2.46. The van der Waals surface area contributed by atoms with E-state index in [9.17, 15) is 5.26 Å². The van der Waals surface area contributed by atoms with Gasteiger partial charge in [-0.2, -0.15) is 0 Å². The number of rotatable bonds is 4. The fraction of sp³-hybridized carbons (Fsp3) is 0.375. The summed E-state index contributed by atoms with van der Waals surface area (Å²) in [6.07, 6.45) is 0. The summed E-state index contributed by atoms with van der Waals surface area (Å²) in [4.78, 5) is 9.04. The molecule has 0 atom stereocenters. The average Bonchev–Trinajstić information content (AvgIpc) is 2.43. The summed E-state index contributed by atoms with van der Waals surface area (Å²) in [5, 5.41) is 20.0. The highest BCUT2D eigenvalue weighted by molar-refractivity contribution is 5.92. The average molecular weight is 276 g/mol. The van der Waals surface area contributed by atoms with E-state index < -0.39 is 0 Å². The van der Waals surface area contributed by atoms with Crippen molar-refractivity contribution in [2.75, 3.05) is 0 Å². The molecule has 0 aliphatic rings. The van der Waals surface area contributed by atoms with E-state index in [2.05, 4.69) is 23.6 Å². The van der Waals surface area contributed by atoms with Crippen LogP contribution in [0.25, 0.3) is 10.8 Å². The monoisotopic (exact) mass is 276 g/mol. The predicted molar refractivity (Wildman–Crippen MR) is 78.6 cm³/mol.